The standard InChI is InChI=1S/C7H8N6/c1-13-4-6(11-12-13)5-2-10-7(8)3-9-5/h2-4H,1H3,(H2,8,10). The molecule has 0 aliphatic carbocycles. The monoisotopic (exact) mass is 176 g/mol. The lowest BCUT2D eigenvalue weighted by molar-refractivity contribution is 0.715. The molecule has 6 nitrogen and oxygen atoms in total. The minimum Gasteiger partial charge on any atom is -0.382 e. The van der Waals surface area contributed by atoms with Crippen molar-refractivity contribution in [2.75, 3.05) is 5.73 Å². The maximum Gasteiger partial charge on any atom is 0.141 e. The van der Waals surface area contributed by atoms with E-state index in [9.17, 15) is 0 Å². The number of hydrogen-bond acceptors (Lipinski definition) is 5. The van der Waals surface area contributed by atoms with Gasteiger partial charge in [-0.3, -0.25) is 4.68 Å². The molecule has 0 aliphatic heterocycles. The molecule has 2 rings (SSSR count). The Morgan fingerprint density at radius 2 is 2.08 bits per heavy atom. The molecular weight excluding hydrogens is 168 g/mol. The summed E-state index contributed by atoms with van der Waals surface area (Å²) in [5.74, 6) is 0.396. The van der Waals surface area contributed by atoms with E-state index in [-0.39, 0.29) is 0 Å². The van der Waals surface area contributed by atoms with Crippen LogP contribution < -0.4 is 5.73 Å². The minimum absolute atomic E-state index is 0.396. The van der Waals surface area contributed by atoms with E-state index in [1.165, 1.54) is 6.20 Å². The Labute approximate surface area is 74.4 Å². The van der Waals surface area contributed by atoms with Gasteiger partial charge in [0.25, 0.3) is 0 Å². The summed E-state index contributed by atoms with van der Waals surface area (Å²) in [5.41, 5.74) is 6.75. The fraction of sp³-hybridized carbons (Fsp3) is 0.143. The van der Waals surface area contributed by atoms with Gasteiger partial charge in [-0.2, -0.15) is 0 Å². The second kappa shape index (κ2) is 2.81. The average Bonchev–Trinajstić information content (AvgIpc) is 2.53. The maximum atomic E-state index is 5.40. The quantitative estimate of drug-likeness (QED) is 0.653. The van der Waals surface area contributed by atoms with Gasteiger partial charge in [-0.1, -0.05) is 5.21 Å². The van der Waals surface area contributed by atoms with Crippen LogP contribution in [0.1, 0.15) is 0 Å². The largest absolute Gasteiger partial charge is 0.382 e. The molecule has 0 saturated carbocycles. The van der Waals surface area contributed by atoms with Crippen LogP contribution in [0.5, 0.6) is 0 Å². The van der Waals surface area contributed by atoms with Crippen molar-refractivity contribution in [1.29, 1.82) is 0 Å². The molecule has 6 heteroatoms. The average molecular weight is 176 g/mol. The highest BCUT2D eigenvalue weighted by Crippen LogP contribution is 2.10. The van der Waals surface area contributed by atoms with Gasteiger partial charge in [0, 0.05) is 7.05 Å². The molecule has 0 spiro atoms. The molecule has 0 saturated heterocycles. The number of anilines is 1. The number of nitrogens with zero attached hydrogens (tertiary/aromatic N) is 5. The Bertz CT molecular complexity index is 403. The number of rotatable bonds is 1. The Balaban J connectivity index is 2.41. The first-order chi connectivity index (χ1) is 6.25. The van der Waals surface area contributed by atoms with Crippen molar-refractivity contribution < 1.29 is 0 Å². The van der Waals surface area contributed by atoms with Crippen molar-refractivity contribution in [2.45, 2.75) is 0 Å². The van der Waals surface area contributed by atoms with Gasteiger partial charge in [-0.15, -0.1) is 5.10 Å². The van der Waals surface area contributed by atoms with E-state index in [1.54, 1.807) is 24.1 Å². The molecular formula is C7H8N6. The Hall–Kier alpha value is -1.98. The molecule has 0 atom stereocenters. The van der Waals surface area contributed by atoms with Crippen molar-refractivity contribution in [2.24, 2.45) is 7.05 Å². The van der Waals surface area contributed by atoms with Gasteiger partial charge >= 0.3 is 0 Å². The molecule has 0 radical (unpaired) electrons. The van der Waals surface area contributed by atoms with Crippen molar-refractivity contribution in [1.82, 2.24) is 25.0 Å². The second-order valence-electron chi connectivity index (χ2n) is 2.60. The van der Waals surface area contributed by atoms with Gasteiger partial charge < -0.3 is 5.73 Å². The minimum atomic E-state index is 0.396. The summed E-state index contributed by atoms with van der Waals surface area (Å²) in [6, 6.07) is 0. The number of hydrogen-bond donors (Lipinski definition) is 1. The van der Waals surface area contributed by atoms with Crippen LogP contribution >= 0.6 is 0 Å². The molecule has 0 amide bonds. The second-order valence-corrected chi connectivity index (χ2v) is 2.60. The van der Waals surface area contributed by atoms with E-state index in [0.717, 1.165) is 0 Å². The van der Waals surface area contributed by atoms with Crippen LogP contribution in [0.25, 0.3) is 11.4 Å². The molecule has 0 aliphatic rings. The number of nitrogens with two attached hydrogens (primary N) is 1. The predicted octanol–water partition coefficient (Wildman–Crippen LogP) is -0.146. The summed E-state index contributed by atoms with van der Waals surface area (Å²) < 4.78 is 1.60. The molecule has 2 aromatic heterocycles. The lowest BCUT2D eigenvalue weighted by Crippen LogP contribution is -1.92. The van der Waals surface area contributed by atoms with Gasteiger partial charge in [0.05, 0.1) is 18.6 Å². The summed E-state index contributed by atoms with van der Waals surface area (Å²) >= 11 is 0. The molecule has 66 valence electrons. The van der Waals surface area contributed by atoms with Crippen LogP contribution in [0, 0.1) is 0 Å². The van der Waals surface area contributed by atoms with E-state index >= 15 is 0 Å². The number of aromatic nitrogens is 5. The van der Waals surface area contributed by atoms with Crippen molar-refractivity contribution in [3.05, 3.63) is 18.6 Å². The summed E-state index contributed by atoms with van der Waals surface area (Å²) in [5, 5.41) is 7.67. The molecule has 13 heavy (non-hydrogen) atoms. The number of nitrogen functional groups attached to an aromatic ring is 1. The van der Waals surface area contributed by atoms with Crippen LogP contribution in [0.2, 0.25) is 0 Å². The van der Waals surface area contributed by atoms with Crippen LogP contribution in [0.15, 0.2) is 18.6 Å². The zero-order chi connectivity index (χ0) is 9.26. The van der Waals surface area contributed by atoms with Gasteiger partial charge in [-0.05, 0) is 0 Å². The van der Waals surface area contributed by atoms with E-state index in [2.05, 4.69) is 20.3 Å². The summed E-state index contributed by atoms with van der Waals surface area (Å²) in [7, 11) is 1.79. The highest BCUT2D eigenvalue weighted by atomic mass is 15.4. The predicted molar refractivity (Wildman–Crippen MR) is 46.4 cm³/mol. The topological polar surface area (TPSA) is 82.5 Å². The van der Waals surface area contributed by atoms with E-state index < -0.39 is 0 Å². The molecule has 0 unspecified atom stereocenters. The SMILES string of the molecule is Cn1cc(-c2cnc(N)cn2)nn1. The lowest BCUT2D eigenvalue weighted by Gasteiger charge is -1.93. The van der Waals surface area contributed by atoms with Crippen LogP contribution in [0.3, 0.4) is 0 Å². The fourth-order valence-electron chi connectivity index (χ4n) is 0.935. The maximum absolute atomic E-state index is 5.40. The molecule has 0 bridgehead atoms. The first-order valence-electron chi connectivity index (χ1n) is 3.70. The van der Waals surface area contributed by atoms with E-state index in [0.29, 0.717) is 17.2 Å². The zero-order valence-electron chi connectivity index (χ0n) is 7.05. The molecule has 2 aromatic rings. The third kappa shape index (κ3) is 1.46. The summed E-state index contributed by atoms with van der Waals surface area (Å²) in [6.45, 7) is 0. The first kappa shape index (κ1) is 7.66. The molecule has 2 heterocycles. The normalized spacial score (nSPS) is 10.2. The summed E-state index contributed by atoms with van der Waals surface area (Å²) in [6.07, 6.45) is 4.82. The third-order valence-corrected chi connectivity index (χ3v) is 1.54. The van der Waals surface area contributed by atoms with E-state index in [4.69, 9.17) is 5.73 Å². The van der Waals surface area contributed by atoms with Crippen LogP contribution in [-0.4, -0.2) is 25.0 Å². The van der Waals surface area contributed by atoms with Gasteiger partial charge in [0.1, 0.15) is 17.2 Å². The molecule has 2 N–H and O–H groups in total. The zero-order valence-corrected chi connectivity index (χ0v) is 7.05. The highest BCUT2D eigenvalue weighted by Gasteiger charge is 2.03. The highest BCUT2D eigenvalue weighted by molar-refractivity contribution is 5.51. The van der Waals surface area contributed by atoms with Gasteiger partial charge in [0.2, 0.25) is 0 Å². The third-order valence-electron chi connectivity index (χ3n) is 1.54. The van der Waals surface area contributed by atoms with Gasteiger partial charge in [0.15, 0.2) is 0 Å². The van der Waals surface area contributed by atoms with E-state index in [1.807, 2.05) is 0 Å². The first-order valence-corrected chi connectivity index (χ1v) is 3.70. The fourth-order valence-corrected chi connectivity index (χ4v) is 0.935. The van der Waals surface area contributed by atoms with Crippen molar-refractivity contribution in [3.8, 4) is 11.4 Å². The lowest BCUT2D eigenvalue weighted by atomic mass is 10.3. The van der Waals surface area contributed by atoms with Crippen LogP contribution in [-0.2, 0) is 7.05 Å². The Kier molecular flexibility index (Phi) is 1.66. The number of aryl methyl sites for hydroxylation is 1. The summed E-state index contributed by atoms with van der Waals surface area (Å²) in [4.78, 5) is 7.96. The van der Waals surface area contributed by atoms with Crippen molar-refractivity contribution >= 4 is 5.82 Å². The smallest absolute Gasteiger partial charge is 0.141 e. The molecule has 0 fully saturated rings. The Morgan fingerprint density at radius 1 is 1.23 bits per heavy atom. The van der Waals surface area contributed by atoms with Crippen molar-refractivity contribution in [3.63, 3.8) is 0 Å². The molecule has 0 aromatic carbocycles. The Morgan fingerprint density at radius 3 is 2.62 bits per heavy atom. The van der Waals surface area contributed by atoms with Gasteiger partial charge in [-0.25, -0.2) is 9.97 Å². The van der Waals surface area contributed by atoms with Crippen LogP contribution in [0.4, 0.5) is 5.82 Å².